The van der Waals surface area contributed by atoms with E-state index in [1.807, 2.05) is 13.8 Å². The number of halogens is 3. The van der Waals surface area contributed by atoms with Gasteiger partial charge in [0.2, 0.25) is 11.1 Å². The Hall–Kier alpha value is -1.84. The second kappa shape index (κ2) is 10.3. The van der Waals surface area contributed by atoms with Gasteiger partial charge in [0.1, 0.15) is 18.4 Å². The molecule has 0 radical (unpaired) electrons. The van der Waals surface area contributed by atoms with Gasteiger partial charge in [0, 0.05) is 10.7 Å². The van der Waals surface area contributed by atoms with Gasteiger partial charge in [-0.1, -0.05) is 53.0 Å². The van der Waals surface area contributed by atoms with E-state index in [0.717, 1.165) is 0 Å². The molecule has 2 unspecified atom stereocenters. The summed E-state index contributed by atoms with van der Waals surface area (Å²) in [6, 6.07) is 6.32. The monoisotopic (exact) mass is 507 g/mol. The number of methoxy groups -OCH3 is 1. The molecule has 2 atom stereocenters. The van der Waals surface area contributed by atoms with Crippen LogP contribution in [0.2, 0.25) is 0 Å². The first-order valence-corrected chi connectivity index (χ1v) is 10.4. The van der Waals surface area contributed by atoms with Crippen LogP contribution in [0.3, 0.4) is 0 Å². The average Bonchev–Trinajstić information content (AvgIpc) is 3.24. The van der Waals surface area contributed by atoms with Crippen LogP contribution < -0.4 is 4.74 Å². The van der Waals surface area contributed by atoms with Gasteiger partial charge in [-0.2, -0.15) is 5.10 Å². The van der Waals surface area contributed by atoms with E-state index in [9.17, 15) is 9.59 Å². The number of nitrogens with zero attached hydrogens (tertiary/aromatic N) is 3. The van der Waals surface area contributed by atoms with Crippen LogP contribution >= 0.6 is 39.1 Å². The lowest BCUT2D eigenvalue weighted by atomic mass is 9.87. The molecule has 158 valence electrons. The van der Waals surface area contributed by atoms with Gasteiger partial charge in [0.25, 0.3) is 0 Å². The van der Waals surface area contributed by atoms with Crippen LogP contribution in [0.1, 0.15) is 30.4 Å². The Kier molecular flexibility index (Phi) is 8.30. The van der Waals surface area contributed by atoms with Crippen LogP contribution in [0.25, 0.3) is 0 Å². The topological polar surface area (TPSA) is 92.5 Å². The maximum atomic E-state index is 12.1. The summed E-state index contributed by atoms with van der Waals surface area (Å²) >= 11 is 14.8. The maximum Gasteiger partial charge on any atom is 0.339 e. The van der Waals surface area contributed by atoms with Crippen molar-refractivity contribution in [3.8, 4) is 5.75 Å². The molecule has 0 saturated heterocycles. The number of carbonyl (C=O) groups excluding carboxylic acids is 2. The Morgan fingerprint density at radius 2 is 1.90 bits per heavy atom. The van der Waals surface area contributed by atoms with Crippen LogP contribution in [0, 0.1) is 5.41 Å². The molecule has 0 spiro atoms. The number of carbonyl (C=O) groups is 2. The SMILES string of the molecule is COC(=O)c1ccc(OC(C(OC(=O)C(Cl)Cl)C(C)(C)CBr)n2cncn2)cc1. The van der Waals surface area contributed by atoms with Crippen LogP contribution in [0.5, 0.6) is 5.75 Å². The maximum absolute atomic E-state index is 12.1. The first kappa shape index (κ1) is 23.4. The number of hydrogen-bond donors (Lipinski definition) is 0. The summed E-state index contributed by atoms with van der Waals surface area (Å²) in [5, 5.41) is 4.60. The largest absolute Gasteiger partial charge is 0.465 e. The fraction of sp³-hybridized carbons (Fsp3) is 0.444. The predicted molar refractivity (Wildman–Crippen MR) is 110 cm³/mol. The second-order valence-electron chi connectivity index (χ2n) is 6.68. The van der Waals surface area contributed by atoms with Gasteiger partial charge in [-0.15, -0.1) is 0 Å². The molecule has 0 aliphatic rings. The minimum Gasteiger partial charge on any atom is -0.465 e. The fourth-order valence-electron chi connectivity index (χ4n) is 2.39. The van der Waals surface area contributed by atoms with Gasteiger partial charge in [-0.25, -0.2) is 19.3 Å². The van der Waals surface area contributed by atoms with Gasteiger partial charge < -0.3 is 14.2 Å². The van der Waals surface area contributed by atoms with E-state index in [2.05, 4.69) is 30.7 Å². The van der Waals surface area contributed by atoms with E-state index in [0.29, 0.717) is 16.6 Å². The number of esters is 2. The number of hydrogen-bond acceptors (Lipinski definition) is 7. The van der Waals surface area contributed by atoms with Crippen LogP contribution in [0.4, 0.5) is 0 Å². The molecule has 1 aromatic heterocycles. The Morgan fingerprint density at radius 3 is 2.38 bits per heavy atom. The lowest BCUT2D eigenvalue weighted by Gasteiger charge is -2.37. The van der Waals surface area contributed by atoms with Crippen LogP contribution in [0.15, 0.2) is 36.9 Å². The van der Waals surface area contributed by atoms with Crippen molar-refractivity contribution in [2.75, 3.05) is 12.4 Å². The number of alkyl halides is 3. The van der Waals surface area contributed by atoms with Crippen molar-refractivity contribution in [1.82, 2.24) is 14.8 Å². The summed E-state index contributed by atoms with van der Waals surface area (Å²) in [6.07, 6.45) is 1.06. The third-order valence-electron chi connectivity index (χ3n) is 4.02. The van der Waals surface area contributed by atoms with E-state index < -0.39 is 34.5 Å². The molecular formula is C18H20BrCl2N3O5. The quantitative estimate of drug-likeness (QED) is 0.376. The minimum atomic E-state index is -1.35. The summed E-state index contributed by atoms with van der Waals surface area (Å²) in [5.74, 6) is -0.855. The van der Waals surface area contributed by atoms with Crippen molar-refractivity contribution in [2.24, 2.45) is 5.41 Å². The second-order valence-corrected chi connectivity index (χ2v) is 8.34. The Balaban J connectivity index is 2.39. The van der Waals surface area contributed by atoms with E-state index in [1.54, 1.807) is 24.3 Å². The highest BCUT2D eigenvalue weighted by Gasteiger charge is 2.42. The molecule has 29 heavy (non-hydrogen) atoms. The van der Waals surface area contributed by atoms with Gasteiger partial charge in [0.15, 0.2) is 6.10 Å². The molecule has 8 nitrogen and oxygen atoms in total. The van der Waals surface area contributed by atoms with Gasteiger partial charge in [-0.3, -0.25) is 0 Å². The van der Waals surface area contributed by atoms with E-state index >= 15 is 0 Å². The van der Waals surface area contributed by atoms with Crippen molar-refractivity contribution < 1.29 is 23.8 Å². The number of rotatable bonds is 9. The van der Waals surface area contributed by atoms with E-state index in [4.69, 9.17) is 32.7 Å². The third kappa shape index (κ3) is 6.07. The molecule has 1 heterocycles. The average molecular weight is 509 g/mol. The highest BCUT2D eigenvalue weighted by Crippen LogP contribution is 2.35. The number of ether oxygens (including phenoxy) is 3. The highest BCUT2D eigenvalue weighted by atomic mass is 79.9. The molecule has 2 rings (SSSR count). The summed E-state index contributed by atoms with van der Waals surface area (Å²) < 4.78 is 17.8. The van der Waals surface area contributed by atoms with Gasteiger partial charge in [-0.05, 0) is 24.3 Å². The molecule has 0 amide bonds. The zero-order chi connectivity index (χ0) is 21.6. The molecule has 0 bridgehead atoms. The summed E-state index contributed by atoms with van der Waals surface area (Å²) in [4.78, 5) is 26.4. The molecular weight excluding hydrogens is 489 g/mol. The van der Waals surface area contributed by atoms with Crippen molar-refractivity contribution in [3.05, 3.63) is 42.5 Å². The van der Waals surface area contributed by atoms with Gasteiger partial charge in [0.05, 0.1) is 12.7 Å². The van der Waals surface area contributed by atoms with E-state index in [-0.39, 0.29) is 0 Å². The van der Waals surface area contributed by atoms with Crippen molar-refractivity contribution in [3.63, 3.8) is 0 Å². The molecule has 1 aromatic carbocycles. The molecule has 0 aliphatic carbocycles. The first-order valence-electron chi connectivity index (χ1n) is 8.43. The molecule has 0 aliphatic heterocycles. The van der Waals surface area contributed by atoms with Crippen LogP contribution in [-0.4, -0.2) is 50.1 Å². The Bertz CT molecular complexity index is 815. The Morgan fingerprint density at radius 1 is 1.24 bits per heavy atom. The number of benzene rings is 1. The standard InChI is InChI=1S/C18H20BrCl2N3O5/c1-18(2,8-19)13(29-17(26)14(20)21)15(24-10-22-9-23-24)28-12-6-4-11(5-7-12)16(25)27-3/h4-7,9-10,13-15H,8H2,1-3H3. The fourth-order valence-corrected chi connectivity index (χ4v) is 2.81. The minimum absolute atomic E-state index is 0.369. The first-order chi connectivity index (χ1) is 13.7. The Labute approximate surface area is 186 Å². The highest BCUT2D eigenvalue weighted by molar-refractivity contribution is 9.09. The summed E-state index contributed by atoms with van der Waals surface area (Å²) in [5.41, 5.74) is -0.228. The normalized spacial score (nSPS) is 13.6. The van der Waals surface area contributed by atoms with Gasteiger partial charge >= 0.3 is 11.9 Å². The molecule has 2 aromatic rings. The molecule has 11 heteroatoms. The zero-order valence-corrected chi connectivity index (χ0v) is 19.0. The summed E-state index contributed by atoms with van der Waals surface area (Å²) in [7, 11) is 1.30. The molecule has 0 N–H and O–H groups in total. The van der Waals surface area contributed by atoms with Crippen molar-refractivity contribution in [2.45, 2.75) is 31.0 Å². The van der Waals surface area contributed by atoms with Crippen molar-refractivity contribution >= 4 is 51.1 Å². The lowest BCUT2D eigenvalue weighted by molar-refractivity contribution is -0.166. The third-order valence-corrected chi connectivity index (χ3v) is 5.83. The zero-order valence-electron chi connectivity index (χ0n) is 15.9. The van der Waals surface area contributed by atoms with Crippen molar-refractivity contribution in [1.29, 1.82) is 0 Å². The number of aromatic nitrogens is 3. The van der Waals surface area contributed by atoms with E-state index in [1.165, 1.54) is 24.4 Å². The molecule has 0 saturated carbocycles. The predicted octanol–water partition coefficient (Wildman–Crippen LogP) is 3.78. The summed E-state index contributed by atoms with van der Waals surface area (Å²) in [6.45, 7) is 3.76. The van der Waals surface area contributed by atoms with Crippen LogP contribution in [-0.2, 0) is 14.3 Å². The smallest absolute Gasteiger partial charge is 0.339 e. The molecule has 0 fully saturated rings. The lowest BCUT2D eigenvalue weighted by Crippen LogP contribution is -2.45.